The van der Waals surface area contributed by atoms with Crippen molar-refractivity contribution in [3.8, 4) is 22.9 Å². The molecule has 0 bridgehead atoms. The van der Waals surface area contributed by atoms with E-state index in [-0.39, 0.29) is 11.4 Å². The Labute approximate surface area is 180 Å². The first-order valence-corrected chi connectivity index (χ1v) is 11.1. The van der Waals surface area contributed by atoms with Crippen molar-refractivity contribution in [3.05, 3.63) is 66.9 Å². The largest absolute Gasteiger partial charge is 0.493 e. The summed E-state index contributed by atoms with van der Waals surface area (Å²) in [6, 6.07) is 17.9. The van der Waals surface area contributed by atoms with Gasteiger partial charge < -0.3 is 14.0 Å². The average molecular weight is 439 g/mol. The predicted molar refractivity (Wildman–Crippen MR) is 118 cm³/mol. The highest BCUT2D eigenvalue weighted by atomic mass is 32.2. The molecular weight excluding hydrogens is 416 g/mol. The molecule has 0 fully saturated rings. The van der Waals surface area contributed by atoms with Crippen LogP contribution in [0.2, 0.25) is 0 Å². The number of sulfonamides is 1. The smallest absolute Gasteiger partial charge is 0.240 e. The summed E-state index contributed by atoms with van der Waals surface area (Å²) < 4.78 is 40.5. The zero-order valence-electron chi connectivity index (χ0n) is 17.1. The number of pyridine rings is 1. The molecule has 160 valence electrons. The molecule has 1 N–H and O–H groups in total. The summed E-state index contributed by atoms with van der Waals surface area (Å²) in [6.45, 7) is 0.531. The quantitative estimate of drug-likeness (QED) is 0.454. The summed E-state index contributed by atoms with van der Waals surface area (Å²) in [4.78, 5) is 9.23. The molecule has 0 atom stereocenters. The number of ether oxygens (including phenoxy) is 2. The van der Waals surface area contributed by atoms with E-state index in [2.05, 4.69) is 9.71 Å². The van der Waals surface area contributed by atoms with Gasteiger partial charge >= 0.3 is 0 Å². The average Bonchev–Trinajstić information content (AvgIpc) is 3.17. The topological polar surface area (TPSA) is 95.3 Å². The number of fused-ring (bicyclic) bond motifs is 1. The minimum absolute atomic E-state index is 0.0991. The first-order valence-electron chi connectivity index (χ1n) is 9.62. The van der Waals surface area contributed by atoms with Crippen molar-refractivity contribution in [3.63, 3.8) is 0 Å². The molecule has 8 nitrogen and oxygen atoms in total. The lowest BCUT2D eigenvalue weighted by Crippen LogP contribution is -2.27. The number of hydrogen-bond donors (Lipinski definition) is 1. The highest BCUT2D eigenvalue weighted by Gasteiger charge is 2.18. The fourth-order valence-electron chi connectivity index (χ4n) is 3.34. The van der Waals surface area contributed by atoms with Crippen molar-refractivity contribution >= 4 is 21.2 Å². The van der Waals surface area contributed by atoms with E-state index in [1.807, 2.05) is 47.0 Å². The molecule has 4 aromatic rings. The monoisotopic (exact) mass is 438 g/mol. The van der Waals surface area contributed by atoms with Crippen molar-refractivity contribution in [1.82, 2.24) is 19.3 Å². The fourth-order valence-corrected chi connectivity index (χ4v) is 4.37. The minimum atomic E-state index is -3.74. The normalized spacial score (nSPS) is 11.5. The van der Waals surface area contributed by atoms with Gasteiger partial charge in [-0.3, -0.25) is 0 Å². The molecule has 0 saturated heterocycles. The predicted octanol–water partition coefficient (Wildman–Crippen LogP) is 3.09. The van der Waals surface area contributed by atoms with Crippen LogP contribution >= 0.6 is 0 Å². The van der Waals surface area contributed by atoms with E-state index in [4.69, 9.17) is 14.5 Å². The van der Waals surface area contributed by atoms with Gasteiger partial charge in [-0.1, -0.05) is 30.3 Å². The molecule has 0 saturated carbocycles. The van der Waals surface area contributed by atoms with Gasteiger partial charge in [0.25, 0.3) is 0 Å². The van der Waals surface area contributed by atoms with Gasteiger partial charge in [0.05, 0.1) is 19.1 Å². The van der Waals surface area contributed by atoms with Gasteiger partial charge in [-0.25, -0.2) is 23.1 Å². The number of nitrogens with one attached hydrogen (secondary N) is 1. The van der Waals surface area contributed by atoms with Crippen LogP contribution in [0.25, 0.3) is 22.6 Å². The Morgan fingerprint density at radius 1 is 0.968 bits per heavy atom. The van der Waals surface area contributed by atoms with Crippen LogP contribution < -0.4 is 14.2 Å². The van der Waals surface area contributed by atoms with E-state index in [1.165, 1.54) is 26.4 Å². The summed E-state index contributed by atoms with van der Waals surface area (Å²) in [5.74, 6) is 1.55. The summed E-state index contributed by atoms with van der Waals surface area (Å²) in [7, 11) is -0.781. The van der Waals surface area contributed by atoms with Crippen LogP contribution in [0.1, 0.15) is 0 Å². The number of benzene rings is 2. The zero-order valence-corrected chi connectivity index (χ0v) is 18.0. The van der Waals surface area contributed by atoms with Gasteiger partial charge in [0, 0.05) is 30.9 Å². The minimum Gasteiger partial charge on any atom is -0.493 e. The molecule has 0 radical (unpaired) electrons. The molecular formula is C22H22N4O4S. The van der Waals surface area contributed by atoms with E-state index in [1.54, 1.807) is 12.3 Å². The van der Waals surface area contributed by atoms with Crippen LogP contribution in [0.15, 0.2) is 71.8 Å². The zero-order chi connectivity index (χ0) is 21.8. The Hall–Kier alpha value is -3.43. The second kappa shape index (κ2) is 8.75. The third kappa shape index (κ3) is 4.23. The van der Waals surface area contributed by atoms with Crippen molar-refractivity contribution in [2.24, 2.45) is 0 Å². The van der Waals surface area contributed by atoms with Crippen LogP contribution in [0.5, 0.6) is 11.5 Å². The molecule has 2 aromatic heterocycles. The molecule has 0 aliphatic heterocycles. The summed E-state index contributed by atoms with van der Waals surface area (Å²) in [5.41, 5.74) is 2.39. The van der Waals surface area contributed by atoms with Gasteiger partial charge in [-0.2, -0.15) is 0 Å². The van der Waals surface area contributed by atoms with E-state index >= 15 is 0 Å². The molecule has 0 unspecified atom stereocenters. The molecule has 0 aliphatic rings. The van der Waals surface area contributed by atoms with Crippen LogP contribution in [0.4, 0.5) is 0 Å². The molecule has 2 heterocycles. The van der Waals surface area contributed by atoms with Gasteiger partial charge in [0.15, 0.2) is 17.1 Å². The lowest BCUT2D eigenvalue weighted by Gasteiger charge is -2.12. The summed E-state index contributed by atoms with van der Waals surface area (Å²) in [5, 5.41) is 0. The van der Waals surface area contributed by atoms with Gasteiger partial charge in [-0.15, -0.1) is 0 Å². The maximum Gasteiger partial charge on any atom is 0.240 e. The Morgan fingerprint density at radius 3 is 2.48 bits per heavy atom. The second-order valence-electron chi connectivity index (χ2n) is 6.71. The molecule has 31 heavy (non-hydrogen) atoms. The third-order valence-corrected chi connectivity index (χ3v) is 6.29. The molecule has 0 spiro atoms. The standard InChI is InChI=1S/C22H22N4O4S/c1-29-19-11-10-17(15-20(19)30-2)31(27,28)24-13-14-26-21(16-7-4-3-5-8-16)25-18-9-6-12-23-22(18)26/h3-12,15,24H,13-14H2,1-2H3. The van der Waals surface area contributed by atoms with Crippen molar-refractivity contribution in [2.75, 3.05) is 20.8 Å². The van der Waals surface area contributed by atoms with Crippen LogP contribution in [-0.2, 0) is 16.6 Å². The highest BCUT2D eigenvalue weighted by molar-refractivity contribution is 7.89. The highest BCUT2D eigenvalue weighted by Crippen LogP contribution is 2.29. The Morgan fingerprint density at radius 2 is 1.74 bits per heavy atom. The third-order valence-electron chi connectivity index (χ3n) is 4.83. The summed E-state index contributed by atoms with van der Waals surface area (Å²) >= 11 is 0. The Bertz CT molecular complexity index is 1300. The van der Waals surface area contributed by atoms with Gasteiger partial charge in [-0.05, 0) is 24.3 Å². The van der Waals surface area contributed by atoms with Crippen molar-refractivity contribution < 1.29 is 17.9 Å². The number of rotatable bonds is 8. The van der Waals surface area contributed by atoms with Crippen LogP contribution in [0, 0.1) is 0 Å². The molecule has 2 aromatic carbocycles. The number of aromatic nitrogens is 3. The SMILES string of the molecule is COc1ccc(S(=O)(=O)NCCn2c(-c3ccccc3)nc3cccnc32)cc1OC. The second-order valence-corrected chi connectivity index (χ2v) is 8.48. The maximum atomic E-state index is 12.8. The Kier molecular flexibility index (Phi) is 5.88. The van der Waals surface area contributed by atoms with E-state index < -0.39 is 10.0 Å². The Balaban J connectivity index is 1.59. The van der Waals surface area contributed by atoms with Gasteiger partial charge in [0.1, 0.15) is 11.3 Å². The number of nitrogens with zero attached hydrogens (tertiary/aromatic N) is 3. The molecule has 9 heteroatoms. The first kappa shape index (κ1) is 20.8. The number of hydrogen-bond acceptors (Lipinski definition) is 6. The van der Waals surface area contributed by atoms with E-state index in [9.17, 15) is 8.42 Å². The summed E-state index contributed by atoms with van der Waals surface area (Å²) in [6.07, 6.45) is 1.70. The lowest BCUT2D eigenvalue weighted by molar-refractivity contribution is 0.354. The number of imidazole rings is 1. The van der Waals surface area contributed by atoms with E-state index in [0.717, 1.165) is 16.9 Å². The van der Waals surface area contributed by atoms with Crippen molar-refractivity contribution in [1.29, 1.82) is 0 Å². The van der Waals surface area contributed by atoms with Crippen LogP contribution in [-0.4, -0.2) is 43.7 Å². The van der Waals surface area contributed by atoms with Gasteiger partial charge in [0.2, 0.25) is 10.0 Å². The molecule has 0 aliphatic carbocycles. The van der Waals surface area contributed by atoms with Crippen molar-refractivity contribution in [2.45, 2.75) is 11.4 Å². The lowest BCUT2D eigenvalue weighted by atomic mass is 10.2. The fraction of sp³-hybridized carbons (Fsp3) is 0.182. The number of methoxy groups -OCH3 is 2. The molecule has 4 rings (SSSR count). The maximum absolute atomic E-state index is 12.8. The molecule has 0 amide bonds. The first-order chi connectivity index (χ1) is 15.0. The van der Waals surface area contributed by atoms with Crippen LogP contribution in [0.3, 0.4) is 0 Å². The van der Waals surface area contributed by atoms with E-state index in [0.29, 0.717) is 23.7 Å².